The number of anilines is 2. The summed E-state index contributed by atoms with van der Waals surface area (Å²) in [6.45, 7) is 3.05. The maximum atomic E-state index is 14.5. The van der Waals surface area contributed by atoms with E-state index in [-0.39, 0.29) is 43.6 Å². The third-order valence-electron chi connectivity index (χ3n) is 6.44. The molecule has 14 heteroatoms. The smallest absolute Gasteiger partial charge is 0.404 e. The number of hydrogen-bond acceptors (Lipinski definition) is 5. The first-order valence-corrected chi connectivity index (χ1v) is 12.4. The minimum atomic E-state index is -5.08. The van der Waals surface area contributed by atoms with Gasteiger partial charge in [-0.15, -0.1) is 0 Å². The van der Waals surface area contributed by atoms with Gasteiger partial charge in [0.15, 0.2) is 0 Å². The number of rotatable bonds is 5. The minimum absolute atomic E-state index is 0.00587. The molecular formula is C24H18Cl4F3N3O4. The maximum Gasteiger partial charge on any atom is 0.404 e. The van der Waals surface area contributed by atoms with E-state index in [4.69, 9.17) is 51.1 Å². The highest BCUT2D eigenvalue weighted by Crippen LogP contribution is 2.54. The van der Waals surface area contributed by atoms with Crippen molar-refractivity contribution < 1.29 is 32.3 Å². The molecule has 7 nitrogen and oxygen atoms in total. The van der Waals surface area contributed by atoms with Gasteiger partial charge in [0.2, 0.25) is 11.8 Å². The molecule has 0 aromatic heterocycles. The first-order valence-electron chi connectivity index (χ1n) is 10.9. The van der Waals surface area contributed by atoms with E-state index in [0.29, 0.717) is 0 Å². The number of nitrogens with one attached hydrogen (secondary N) is 2. The van der Waals surface area contributed by atoms with Gasteiger partial charge in [-0.2, -0.15) is 13.2 Å². The molecule has 0 saturated carbocycles. The van der Waals surface area contributed by atoms with Crippen LogP contribution in [0.4, 0.5) is 24.5 Å². The van der Waals surface area contributed by atoms with Crippen molar-refractivity contribution in [3.8, 4) is 0 Å². The third kappa shape index (κ3) is 4.73. The molecular weight excluding hydrogens is 593 g/mol. The molecule has 0 radical (unpaired) electrons. The topological polar surface area (TPSA) is 87.7 Å². The average Bonchev–Trinajstić information content (AvgIpc) is 3.33. The van der Waals surface area contributed by atoms with Crippen LogP contribution in [0.25, 0.3) is 0 Å². The van der Waals surface area contributed by atoms with Gasteiger partial charge in [-0.1, -0.05) is 59.1 Å². The van der Waals surface area contributed by atoms with Crippen LogP contribution in [-0.2, 0) is 24.7 Å². The highest BCUT2D eigenvalue weighted by molar-refractivity contribution is 6.38. The highest BCUT2D eigenvalue weighted by Gasteiger charge is 2.71. The fourth-order valence-electron chi connectivity index (χ4n) is 4.89. The number of benzene rings is 2. The summed E-state index contributed by atoms with van der Waals surface area (Å²) in [4.78, 5) is 41.5. The van der Waals surface area contributed by atoms with Gasteiger partial charge in [0.25, 0.3) is 0 Å². The van der Waals surface area contributed by atoms with Crippen LogP contribution in [0.3, 0.4) is 0 Å². The van der Waals surface area contributed by atoms with Gasteiger partial charge in [-0.05, 0) is 30.3 Å². The number of alkyl halides is 3. The van der Waals surface area contributed by atoms with E-state index >= 15 is 0 Å². The Balaban J connectivity index is 1.94. The molecule has 2 N–H and O–H groups in total. The Morgan fingerprint density at radius 3 is 2.29 bits per heavy atom. The van der Waals surface area contributed by atoms with Gasteiger partial charge >= 0.3 is 12.1 Å². The Morgan fingerprint density at radius 2 is 1.71 bits per heavy atom. The molecule has 2 amide bonds. The molecule has 0 bridgehead atoms. The summed E-state index contributed by atoms with van der Waals surface area (Å²) in [5.74, 6) is -7.57. The van der Waals surface area contributed by atoms with Crippen molar-refractivity contribution >= 4 is 75.6 Å². The summed E-state index contributed by atoms with van der Waals surface area (Å²) >= 11 is 24.4. The molecule has 1 fully saturated rings. The second-order valence-electron chi connectivity index (χ2n) is 8.68. The van der Waals surface area contributed by atoms with E-state index in [0.717, 1.165) is 4.90 Å². The molecule has 4 atom stereocenters. The fourth-order valence-corrected chi connectivity index (χ4v) is 5.95. The number of halogens is 7. The van der Waals surface area contributed by atoms with Crippen molar-refractivity contribution in [3.05, 3.63) is 68.6 Å². The molecule has 0 aliphatic carbocycles. The van der Waals surface area contributed by atoms with E-state index in [9.17, 15) is 27.6 Å². The number of carbonyl (C=O) groups is 3. The van der Waals surface area contributed by atoms with Crippen molar-refractivity contribution in [2.45, 2.75) is 17.8 Å². The van der Waals surface area contributed by atoms with E-state index < -0.39 is 47.4 Å². The van der Waals surface area contributed by atoms with Crippen LogP contribution in [0.5, 0.6) is 0 Å². The number of fused-ring (bicyclic) bond motifs is 2. The molecule has 4 rings (SSSR count). The number of amides is 2. The quantitative estimate of drug-likeness (QED) is 0.340. The molecule has 2 aromatic carbocycles. The zero-order valence-corrected chi connectivity index (χ0v) is 22.4. The van der Waals surface area contributed by atoms with Crippen molar-refractivity contribution in [1.82, 2.24) is 5.32 Å². The van der Waals surface area contributed by atoms with E-state index in [2.05, 4.69) is 17.2 Å². The van der Waals surface area contributed by atoms with Crippen LogP contribution in [-0.4, -0.2) is 43.7 Å². The molecule has 38 heavy (non-hydrogen) atoms. The molecule has 2 aliphatic heterocycles. The van der Waals surface area contributed by atoms with Crippen LogP contribution in [0.2, 0.25) is 20.1 Å². The molecule has 2 aromatic rings. The summed E-state index contributed by atoms with van der Waals surface area (Å²) in [5.41, 5.74) is -2.50. The number of carbonyl (C=O) groups excluding carboxylic acids is 3. The second-order valence-corrected chi connectivity index (χ2v) is 10.4. The molecule has 1 spiro atoms. The zero-order valence-electron chi connectivity index (χ0n) is 19.3. The lowest BCUT2D eigenvalue weighted by molar-refractivity contribution is -0.170. The van der Waals surface area contributed by atoms with Gasteiger partial charge < -0.3 is 15.0 Å². The first-order chi connectivity index (χ1) is 17.7. The summed E-state index contributed by atoms with van der Waals surface area (Å²) in [6, 6.07) is 3.84. The normalized spacial score (nSPS) is 24.2. The number of nitrogens with zero attached hydrogens (tertiary/aromatic N) is 1. The highest BCUT2D eigenvalue weighted by atomic mass is 35.5. The minimum Gasteiger partial charge on any atom is -0.461 e. The second kappa shape index (κ2) is 10.2. The predicted molar refractivity (Wildman–Crippen MR) is 138 cm³/mol. The van der Waals surface area contributed by atoms with E-state index in [1.807, 2.05) is 0 Å². The van der Waals surface area contributed by atoms with Gasteiger partial charge in [-0.3, -0.25) is 19.7 Å². The lowest BCUT2D eigenvalue weighted by Crippen LogP contribution is -2.53. The average molecular weight is 611 g/mol. The Labute approximate surface area is 234 Å². The lowest BCUT2D eigenvalue weighted by atomic mass is 9.74. The zero-order chi connectivity index (χ0) is 28.2. The Morgan fingerprint density at radius 1 is 1.11 bits per heavy atom. The van der Waals surface area contributed by atoms with Gasteiger partial charge in [0.05, 0.1) is 16.6 Å². The number of hydrogen-bond donors (Lipinski definition) is 2. The summed E-state index contributed by atoms with van der Waals surface area (Å²) in [6.07, 6.45) is -3.89. The monoisotopic (exact) mass is 609 g/mol. The van der Waals surface area contributed by atoms with Crippen LogP contribution < -0.4 is 15.5 Å². The standard InChI is InChI=1S/C24H18Cl4F3N3O4/c1-3-4-38-21(36)17-16(20(35)34(2)13-6-10(25)5-11(26)7-13)19(24(29,30)31)33-23(17)14-8-12(27)9-15(28)18(14)32-22(23)37/h3,5-9,16-17,19,33H,1,4H2,2H3,(H,32,37)/t16-,17-,19+,23?/m1/s1. The van der Waals surface area contributed by atoms with Crippen molar-refractivity contribution in [3.63, 3.8) is 0 Å². The predicted octanol–water partition coefficient (Wildman–Crippen LogP) is 5.61. The fraction of sp³-hybridized carbons (Fsp3) is 0.292. The van der Waals surface area contributed by atoms with Crippen molar-refractivity contribution in [1.29, 1.82) is 0 Å². The SMILES string of the molecule is C=CCOC(=O)[C@H]1[C@@H](C(=O)N(C)c2cc(Cl)cc(Cl)c2)[C@@H](C(F)(F)F)NC12C(=O)Nc1c(Cl)cc(Cl)cc12. The van der Waals surface area contributed by atoms with E-state index in [1.165, 1.54) is 43.5 Å². The molecule has 1 unspecified atom stereocenters. The van der Waals surface area contributed by atoms with Crippen LogP contribution >= 0.6 is 46.4 Å². The van der Waals surface area contributed by atoms with Gasteiger partial charge in [0, 0.05) is 33.4 Å². The summed E-state index contributed by atoms with van der Waals surface area (Å²) in [5, 5.41) is 4.85. The number of esters is 1. The summed E-state index contributed by atoms with van der Waals surface area (Å²) < 4.78 is 48.7. The number of ether oxygens (including phenoxy) is 1. The van der Waals surface area contributed by atoms with Gasteiger partial charge in [0.1, 0.15) is 24.1 Å². The van der Waals surface area contributed by atoms with Crippen molar-refractivity contribution in [2.24, 2.45) is 11.8 Å². The molecule has 2 heterocycles. The van der Waals surface area contributed by atoms with Crippen LogP contribution in [0.15, 0.2) is 43.0 Å². The van der Waals surface area contributed by atoms with Crippen molar-refractivity contribution in [2.75, 3.05) is 23.9 Å². The maximum absolute atomic E-state index is 14.5. The Kier molecular flexibility index (Phi) is 7.68. The first kappa shape index (κ1) is 28.5. The Hall–Kier alpha value is -2.50. The molecule has 1 saturated heterocycles. The summed E-state index contributed by atoms with van der Waals surface area (Å²) in [7, 11) is 1.20. The molecule has 2 aliphatic rings. The lowest BCUT2D eigenvalue weighted by Gasteiger charge is -2.31. The third-order valence-corrected chi connectivity index (χ3v) is 7.40. The van der Waals surface area contributed by atoms with E-state index in [1.54, 1.807) is 0 Å². The largest absolute Gasteiger partial charge is 0.461 e. The Bertz CT molecular complexity index is 1340. The van der Waals surface area contributed by atoms with Gasteiger partial charge in [-0.25, -0.2) is 0 Å². The molecule has 202 valence electrons. The van der Waals surface area contributed by atoms with Crippen LogP contribution in [0, 0.1) is 11.8 Å². The van der Waals surface area contributed by atoms with Crippen LogP contribution in [0.1, 0.15) is 5.56 Å².